The fourth-order valence-corrected chi connectivity index (χ4v) is 7.80. The van der Waals surface area contributed by atoms with Gasteiger partial charge < -0.3 is 9.64 Å². The Kier molecular flexibility index (Phi) is 7.47. The minimum atomic E-state index is -0.512. The van der Waals surface area contributed by atoms with Gasteiger partial charge in [0.15, 0.2) is 11.6 Å². The third-order valence-electron chi connectivity index (χ3n) is 7.98. The Hall–Kier alpha value is -2.25. The molecule has 0 spiro atoms. The van der Waals surface area contributed by atoms with Gasteiger partial charge in [-0.25, -0.2) is 4.39 Å². The molecule has 0 fully saturated rings. The van der Waals surface area contributed by atoms with Crippen molar-refractivity contribution in [1.29, 1.82) is 0 Å². The van der Waals surface area contributed by atoms with Crippen molar-refractivity contribution in [1.82, 2.24) is 4.90 Å². The summed E-state index contributed by atoms with van der Waals surface area (Å²) in [7, 11) is 0. The third-order valence-corrected chi connectivity index (χ3v) is 9.03. The lowest BCUT2D eigenvalue weighted by Crippen LogP contribution is -2.44. The number of hydrogen-bond acceptors (Lipinski definition) is 4. The van der Waals surface area contributed by atoms with Crippen molar-refractivity contribution in [3.05, 3.63) is 84.8 Å². The molecule has 0 atom stereocenters. The predicted molar refractivity (Wildman–Crippen MR) is 158 cm³/mol. The average Bonchev–Trinajstić information content (AvgIpc) is 2.81. The number of allylic oxidation sites excluding steroid dienone is 4. The molecule has 2 aromatic rings. The monoisotopic (exact) mass is 657 g/mol. The molecule has 1 aliphatic heterocycles. The van der Waals surface area contributed by atoms with Gasteiger partial charge in [0.25, 0.3) is 0 Å². The number of halogens is 3. The molecule has 0 aromatic heterocycles. The van der Waals surface area contributed by atoms with E-state index in [1.165, 1.54) is 12.1 Å². The van der Waals surface area contributed by atoms with Gasteiger partial charge in [-0.3, -0.25) is 9.59 Å². The van der Waals surface area contributed by atoms with E-state index in [0.29, 0.717) is 25.1 Å². The zero-order chi connectivity index (χ0) is 28.3. The normalized spacial score (nSPS) is 20.8. The minimum Gasteiger partial charge on any atom is -0.487 e. The van der Waals surface area contributed by atoms with Crippen LogP contribution in [0.2, 0.25) is 0 Å². The van der Waals surface area contributed by atoms with E-state index in [-0.39, 0.29) is 34.8 Å². The maximum atomic E-state index is 14.0. The van der Waals surface area contributed by atoms with E-state index in [1.54, 1.807) is 12.1 Å². The number of ether oxygens (including phenoxy) is 1. The van der Waals surface area contributed by atoms with Gasteiger partial charge in [-0.15, -0.1) is 0 Å². The number of nitrogens with zero attached hydrogens (tertiary/aromatic N) is 1. The van der Waals surface area contributed by atoms with Crippen LogP contribution in [0.1, 0.15) is 77.3 Å². The van der Waals surface area contributed by atoms with Crippen molar-refractivity contribution in [3.63, 3.8) is 0 Å². The second-order valence-corrected chi connectivity index (χ2v) is 14.3. The first kappa shape index (κ1) is 28.3. The Morgan fingerprint density at radius 1 is 0.897 bits per heavy atom. The molecule has 206 valence electrons. The number of Topliss-reactive ketones (excluding diaryl/α,β-unsaturated/α-hetero) is 2. The summed E-state index contributed by atoms with van der Waals surface area (Å²) in [4.78, 5) is 30.2. The Balaban J connectivity index is 1.72. The van der Waals surface area contributed by atoms with Crippen LogP contribution in [0.3, 0.4) is 0 Å². The van der Waals surface area contributed by atoms with Gasteiger partial charge >= 0.3 is 0 Å². The lowest BCUT2D eigenvalue weighted by Gasteiger charge is -2.49. The molecule has 5 rings (SSSR count). The summed E-state index contributed by atoms with van der Waals surface area (Å²) < 4.78 is 21.4. The van der Waals surface area contributed by atoms with E-state index in [0.717, 1.165) is 55.5 Å². The smallest absolute Gasteiger partial charge is 0.162 e. The number of ketones is 2. The molecule has 0 saturated heterocycles. The summed E-state index contributed by atoms with van der Waals surface area (Å²) in [5.74, 6) is -0.0410. The molecule has 1 heterocycles. The third kappa shape index (κ3) is 5.41. The fraction of sp³-hybridized carbons (Fsp3) is 0.438. The summed E-state index contributed by atoms with van der Waals surface area (Å²) in [6, 6.07) is 10.1. The van der Waals surface area contributed by atoms with Gasteiger partial charge in [0.1, 0.15) is 18.2 Å². The molecule has 0 unspecified atom stereocenters. The lowest BCUT2D eigenvalue weighted by atomic mass is 9.63. The minimum absolute atomic E-state index is 0.0921. The zero-order valence-electron chi connectivity index (χ0n) is 23.1. The molecule has 0 saturated carbocycles. The lowest BCUT2D eigenvalue weighted by molar-refractivity contribution is -0.119. The molecule has 0 N–H and O–H groups in total. The van der Waals surface area contributed by atoms with Crippen LogP contribution in [-0.2, 0) is 16.2 Å². The molecule has 0 radical (unpaired) electrons. The van der Waals surface area contributed by atoms with Gasteiger partial charge in [0, 0.05) is 57.9 Å². The number of benzene rings is 2. The van der Waals surface area contributed by atoms with Crippen LogP contribution in [0.25, 0.3) is 0 Å². The molecular weight excluding hydrogens is 625 g/mol. The standard InChI is InChI=1S/C32H34Br2FNO3/c1-6-36-23-13-31(2,3)15-25(37)28(23)27(29-24(36)14-32(4,5)16-26(29)38)21-11-19(33)12-22(34)30(21)39-17-18-7-9-20(35)10-8-18/h7-12,27H,6,13-17H2,1-5H3. The highest BCUT2D eigenvalue weighted by molar-refractivity contribution is 9.11. The summed E-state index contributed by atoms with van der Waals surface area (Å²) in [5.41, 5.74) is 4.79. The highest BCUT2D eigenvalue weighted by atomic mass is 79.9. The largest absolute Gasteiger partial charge is 0.487 e. The van der Waals surface area contributed by atoms with Crippen molar-refractivity contribution >= 4 is 43.4 Å². The zero-order valence-corrected chi connectivity index (χ0v) is 26.3. The number of hydrogen-bond donors (Lipinski definition) is 0. The molecule has 39 heavy (non-hydrogen) atoms. The van der Waals surface area contributed by atoms with E-state index in [2.05, 4.69) is 71.4 Å². The van der Waals surface area contributed by atoms with Crippen molar-refractivity contribution in [2.45, 2.75) is 72.8 Å². The van der Waals surface area contributed by atoms with Crippen LogP contribution in [0, 0.1) is 16.6 Å². The van der Waals surface area contributed by atoms with Gasteiger partial charge in [-0.2, -0.15) is 0 Å². The summed E-state index contributed by atoms with van der Waals surface area (Å²) in [6.07, 6.45) is 2.40. The summed E-state index contributed by atoms with van der Waals surface area (Å²) in [5, 5.41) is 0. The second kappa shape index (κ2) is 10.3. The molecule has 2 aliphatic carbocycles. The van der Waals surface area contributed by atoms with E-state index in [4.69, 9.17) is 4.74 Å². The molecule has 7 heteroatoms. The number of carbonyl (C=O) groups is 2. The highest BCUT2D eigenvalue weighted by Crippen LogP contribution is 2.56. The predicted octanol–water partition coefficient (Wildman–Crippen LogP) is 8.64. The Bertz CT molecular complexity index is 1370. The van der Waals surface area contributed by atoms with Crippen LogP contribution in [0.5, 0.6) is 5.75 Å². The first-order chi connectivity index (χ1) is 18.3. The van der Waals surface area contributed by atoms with Crippen molar-refractivity contribution in [2.24, 2.45) is 10.8 Å². The quantitative estimate of drug-likeness (QED) is 0.323. The van der Waals surface area contributed by atoms with Crippen LogP contribution in [0.15, 0.2) is 67.9 Å². The Morgan fingerprint density at radius 2 is 1.44 bits per heavy atom. The van der Waals surface area contributed by atoms with Crippen LogP contribution in [-0.4, -0.2) is 23.0 Å². The topological polar surface area (TPSA) is 46.6 Å². The van der Waals surface area contributed by atoms with Gasteiger partial charge in [-0.1, -0.05) is 55.8 Å². The molecule has 3 aliphatic rings. The van der Waals surface area contributed by atoms with Gasteiger partial charge in [0.05, 0.1) is 4.47 Å². The summed E-state index contributed by atoms with van der Waals surface area (Å²) >= 11 is 7.34. The Labute approximate surface area is 246 Å². The second-order valence-electron chi connectivity index (χ2n) is 12.5. The van der Waals surface area contributed by atoms with Crippen molar-refractivity contribution in [3.8, 4) is 5.75 Å². The fourth-order valence-electron chi connectivity index (χ4n) is 6.42. The van der Waals surface area contributed by atoms with E-state index < -0.39 is 5.92 Å². The maximum Gasteiger partial charge on any atom is 0.162 e. The van der Waals surface area contributed by atoms with E-state index >= 15 is 0 Å². The van der Waals surface area contributed by atoms with Crippen molar-refractivity contribution in [2.75, 3.05) is 6.54 Å². The molecule has 4 nitrogen and oxygen atoms in total. The highest BCUT2D eigenvalue weighted by Gasteiger charge is 2.49. The van der Waals surface area contributed by atoms with Gasteiger partial charge in [0.2, 0.25) is 0 Å². The SMILES string of the molecule is CCN1C2=C(C(=O)CC(C)(C)C2)C(c2cc(Br)cc(Br)c2OCc2ccc(F)cc2)C2=C1CC(C)(C)CC2=O. The maximum absolute atomic E-state index is 14.0. The van der Waals surface area contributed by atoms with Crippen molar-refractivity contribution < 1.29 is 18.7 Å². The first-order valence-electron chi connectivity index (χ1n) is 13.5. The van der Waals surface area contributed by atoms with Gasteiger partial charge in [-0.05, 0) is 76.4 Å². The van der Waals surface area contributed by atoms with E-state index in [1.807, 2.05) is 12.1 Å². The average molecular weight is 659 g/mol. The molecule has 0 bridgehead atoms. The first-order valence-corrected chi connectivity index (χ1v) is 15.0. The molecule has 2 aromatic carbocycles. The number of rotatable bonds is 5. The summed E-state index contributed by atoms with van der Waals surface area (Å²) in [6.45, 7) is 11.6. The van der Waals surface area contributed by atoms with Crippen LogP contribution < -0.4 is 4.74 Å². The van der Waals surface area contributed by atoms with E-state index in [9.17, 15) is 14.0 Å². The van der Waals surface area contributed by atoms with Crippen LogP contribution >= 0.6 is 31.9 Å². The molecular formula is C32H34Br2FNO3. The number of carbonyl (C=O) groups excluding carboxylic acids is 2. The van der Waals surface area contributed by atoms with Crippen LogP contribution in [0.4, 0.5) is 4.39 Å². The Morgan fingerprint density at radius 3 is 1.95 bits per heavy atom. The molecule has 0 amide bonds.